The van der Waals surface area contributed by atoms with Crippen molar-refractivity contribution in [2.75, 3.05) is 16.3 Å². The maximum absolute atomic E-state index is 13.1. The molecule has 2 amide bonds. The molecular weight excluding hydrogens is 368 g/mol. The summed E-state index contributed by atoms with van der Waals surface area (Å²) >= 11 is 0. The molecule has 1 fully saturated rings. The summed E-state index contributed by atoms with van der Waals surface area (Å²) in [5, 5.41) is 0. The Morgan fingerprint density at radius 3 is 2.48 bits per heavy atom. The first-order chi connectivity index (χ1) is 14.0. The van der Waals surface area contributed by atoms with Crippen molar-refractivity contribution in [1.82, 2.24) is 0 Å². The van der Waals surface area contributed by atoms with Crippen molar-refractivity contribution in [3.05, 3.63) is 59.7 Å². The fourth-order valence-electron chi connectivity index (χ4n) is 4.16. The van der Waals surface area contributed by atoms with Gasteiger partial charge in [-0.3, -0.25) is 9.59 Å². The third-order valence-electron chi connectivity index (χ3n) is 5.56. The Hall–Kier alpha value is -3.15. The summed E-state index contributed by atoms with van der Waals surface area (Å²) in [7, 11) is 0. The lowest BCUT2D eigenvalue weighted by Crippen LogP contribution is -2.43. The van der Waals surface area contributed by atoms with Gasteiger partial charge in [-0.1, -0.05) is 30.3 Å². The lowest BCUT2D eigenvalue weighted by Gasteiger charge is -2.26. The van der Waals surface area contributed by atoms with Gasteiger partial charge in [-0.15, -0.1) is 0 Å². The first-order valence-electron chi connectivity index (χ1n) is 9.98. The van der Waals surface area contributed by atoms with Crippen molar-refractivity contribution in [1.29, 1.82) is 0 Å². The van der Waals surface area contributed by atoms with Crippen LogP contribution in [-0.2, 0) is 20.7 Å². The van der Waals surface area contributed by atoms with E-state index in [1.54, 1.807) is 41.0 Å². The van der Waals surface area contributed by atoms with Gasteiger partial charge in [-0.25, -0.2) is 4.79 Å². The molecule has 0 spiro atoms. The number of amides is 2. The molecule has 0 aromatic heterocycles. The average molecular weight is 392 g/mol. The lowest BCUT2D eigenvalue weighted by molar-refractivity contribution is -0.126. The van der Waals surface area contributed by atoms with Crippen LogP contribution in [-0.4, -0.2) is 36.5 Å². The Balaban J connectivity index is 1.52. The average Bonchev–Trinajstić information content (AvgIpc) is 3.29. The van der Waals surface area contributed by atoms with E-state index in [-0.39, 0.29) is 17.9 Å². The number of benzene rings is 2. The van der Waals surface area contributed by atoms with Gasteiger partial charge in [0.25, 0.3) is 5.91 Å². The zero-order valence-electron chi connectivity index (χ0n) is 16.6. The Kier molecular flexibility index (Phi) is 5.09. The monoisotopic (exact) mass is 392 g/mol. The van der Waals surface area contributed by atoms with Crippen LogP contribution in [0.3, 0.4) is 0 Å². The number of anilines is 2. The number of esters is 1. The van der Waals surface area contributed by atoms with Crippen molar-refractivity contribution in [2.24, 2.45) is 0 Å². The van der Waals surface area contributed by atoms with E-state index in [0.29, 0.717) is 24.2 Å². The molecule has 2 heterocycles. The van der Waals surface area contributed by atoms with Crippen LogP contribution >= 0.6 is 0 Å². The van der Waals surface area contributed by atoms with Gasteiger partial charge < -0.3 is 14.5 Å². The first kappa shape index (κ1) is 19.2. The maximum atomic E-state index is 13.1. The van der Waals surface area contributed by atoms with Crippen LogP contribution in [0.5, 0.6) is 0 Å². The van der Waals surface area contributed by atoms with Crippen LogP contribution in [0.1, 0.15) is 42.6 Å². The highest BCUT2D eigenvalue weighted by Crippen LogP contribution is 2.33. The molecule has 0 N–H and O–H groups in total. The Bertz CT molecular complexity index is 971. The third kappa shape index (κ3) is 3.50. The maximum Gasteiger partial charge on any atom is 0.341 e. The molecule has 2 aromatic rings. The number of carbonyl (C=O) groups excluding carboxylic acids is 3. The van der Waals surface area contributed by atoms with Gasteiger partial charge in [0, 0.05) is 24.7 Å². The molecule has 6 nitrogen and oxygen atoms in total. The predicted octanol–water partition coefficient (Wildman–Crippen LogP) is 3.34. The van der Waals surface area contributed by atoms with E-state index < -0.39 is 12.1 Å². The van der Waals surface area contributed by atoms with Gasteiger partial charge >= 0.3 is 5.97 Å². The molecule has 4 rings (SSSR count). The Morgan fingerprint density at radius 2 is 1.76 bits per heavy atom. The van der Waals surface area contributed by atoms with E-state index in [4.69, 9.17) is 4.74 Å². The van der Waals surface area contributed by atoms with Crippen molar-refractivity contribution < 1.29 is 19.1 Å². The van der Waals surface area contributed by atoms with Crippen LogP contribution in [0.15, 0.2) is 48.5 Å². The summed E-state index contributed by atoms with van der Waals surface area (Å²) in [6, 6.07) is 14.7. The van der Waals surface area contributed by atoms with Crippen molar-refractivity contribution in [3.63, 3.8) is 0 Å². The highest BCUT2D eigenvalue weighted by molar-refractivity contribution is 6.05. The summed E-state index contributed by atoms with van der Waals surface area (Å²) in [6.45, 7) is 4.16. The Morgan fingerprint density at radius 1 is 1.07 bits per heavy atom. The number of rotatable bonds is 4. The molecule has 150 valence electrons. The number of fused-ring (bicyclic) bond motifs is 1. The number of carbonyl (C=O) groups is 3. The quantitative estimate of drug-likeness (QED) is 0.749. The van der Waals surface area contributed by atoms with Crippen molar-refractivity contribution >= 4 is 29.2 Å². The van der Waals surface area contributed by atoms with Gasteiger partial charge in [0.15, 0.2) is 6.10 Å². The van der Waals surface area contributed by atoms with E-state index in [0.717, 1.165) is 24.1 Å². The Labute approximate surface area is 170 Å². The summed E-state index contributed by atoms with van der Waals surface area (Å²) in [5.74, 6) is -0.844. The SMILES string of the molecule is C[C@@H](OC(=O)c1ccccc1N1CCCC1=O)C(=O)N1c2ccccc2C[C@@H]1C. The highest BCUT2D eigenvalue weighted by atomic mass is 16.5. The third-order valence-corrected chi connectivity index (χ3v) is 5.56. The van der Waals surface area contributed by atoms with Gasteiger partial charge in [0.1, 0.15) is 0 Å². The summed E-state index contributed by atoms with van der Waals surface area (Å²) in [5.41, 5.74) is 2.83. The second-order valence-corrected chi connectivity index (χ2v) is 7.60. The summed E-state index contributed by atoms with van der Waals surface area (Å²) < 4.78 is 5.54. The zero-order chi connectivity index (χ0) is 20.5. The number of ether oxygens (including phenoxy) is 1. The minimum atomic E-state index is -0.932. The van der Waals surface area contributed by atoms with Crippen molar-refractivity contribution in [3.8, 4) is 0 Å². The molecule has 0 aliphatic carbocycles. The smallest absolute Gasteiger partial charge is 0.341 e. The summed E-state index contributed by atoms with van der Waals surface area (Å²) in [4.78, 5) is 41.4. The summed E-state index contributed by atoms with van der Waals surface area (Å²) in [6.07, 6.45) is 1.09. The molecule has 1 saturated heterocycles. The van der Waals surface area contributed by atoms with E-state index in [9.17, 15) is 14.4 Å². The first-order valence-corrected chi connectivity index (χ1v) is 9.98. The van der Waals surface area contributed by atoms with Gasteiger partial charge in [-0.2, -0.15) is 0 Å². The zero-order valence-corrected chi connectivity index (χ0v) is 16.6. The minimum Gasteiger partial charge on any atom is -0.449 e. The van der Waals surface area contributed by atoms with Crippen LogP contribution in [0, 0.1) is 0 Å². The standard InChI is InChI=1S/C23H24N2O4/c1-15-14-17-8-3-5-10-19(17)25(15)22(27)16(2)29-23(28)18-9-4-6-11-20(18)24-13-7-12-21(24)26/h3-6,8-11,15-16H,7,12-14H2,1-2H3/t15-,16+/m0/s1. The van der Waals surface area contributed by atoms with Gasteiger partial charge in [0.05, 0.1) is 11.3 Å². The normalized spacial score (nSPS) is 19.2. The number of hydrogen-bond donors (Lipinski definition) is 0. The second-order valence-electron chi connectivity index (χ2n) is 7.60. The topological polar surface area (TPSA) is 66.9 Å². The molecule has 2 atom stereocenters. The van der Waals surface area contributed by atoms with Crippen LogP contribution in [0.25, 0.3) is 0 Å². The molecule has 0 radical (unpaired) electrons. The van der Waals surface area contributed by atoms with E-state index in [2.05, 4.69) is 0 Å². The molecule has 0 saturated carbocycles. The highest BCUT2D eigenvalue weighted by Gasteiger charge is 2.35. The molecule has 2 aliphatic heterocycles. The molecule has 0 unspecified atom stereocenters. The van der Waals surface area contributed by atoms with E-state index >= 15 is 0 Å². The number of hydrogen-bond acceptors (Lipinski definition) is 4. The molecule has 2 aliphatic rings. The molecule has 0 bridgehead atoms. The minimum absolute atomic E-state index is 0.00290. The van der Waals surface area contributed by atoms with Crippen LogP contribution in [0.4, 0.5) is 11.4 Å². The van der Waals surface area contributed by atoms with Gasteiger partial charge in [0.2, 0.25) is 5.91 Å². The fourth-order valence-corrected chi connectivity index (χ4v) is 4.16. The number of nitrogens with zero attached hydrogens (tertiary/aromatic N) is 2. The van der Waals surface area contributed by atoms with Crippen LogP contribution in [0.2, 0.25) is 0 Å². The fraction of sp³-hybridized carbons (Fsp3) is 0.348. The molecular formula is C23H24N2O4. The van der Waals surface area contributed by atoms with Crippen molar-refractivity contribution in [2.45, 2.75) is 45.3 Å². The van der Waals surface area contributed by atoms with E-state index in [1.165, 1.54) is 0 Å². The largest absolute Gasteiger partial charge is 0.449 e. The molecule has 2 aromatic carbocycles. The molecule has 6 heteroatoms. The molecule has 29 heavy (non-hydrogen) atoms. The predicted molar refractivity (Wildman–Crippen MR) is 110 cm³/mol. The van der Waals surface area contributed by atoms with Crippen LogP contribution < -0.4 is 9.80 Å². The lowest BCUT2D eigenvalue weighted by atomic mass is 10.1. The second kappa shape index (κ2) is 7.70. The number of para-hydroxylation sites is 2. The van der Waals surface area contributed by atoms with E-state index in [1.807, 2.05) is 31.2 Å². The van der Waals surface area contributed by atoms with Gasteiger partial charge in [-0.05, 0) is 50.5 Å².